The largest absolute Gasteiger partial charge is 0.459 e. The van der Waals surface area contributed by atoms with Crippen molar-refractivity contribution >= 4 is 11.8 Å². The molecule has 3 heteroatoms. The van der Waals surface area contributed by atoms with Crippen LogP contribution in [-0.2, 0) is 9.53 Å². The summed E-state index contributed by atoms with van der Waals surface area (Å²) in [6.45, 7) is 12.1. The third-order valence-electron chi connectivity index (χ3n) is 11.3. The van der Waals surface area contributed by atoms with Gasteiger partial charge < -0.3 is 4.74 Å². The van der Waals surface area contributed by atoms with Crippen LogP contribution in [0.2, 0.25) is 0 Å². The minimum atomic E-state index is -0.232. The van der Waals surface area contributed by atoms with E-state index in [-0.39, 0.29) is 28.8 Å². The Hall–Kier alpha value is -1.90. The van der Waals surface area contributed by atoms with Crippen LogP contribution < -0.4 is 0 Å². The molecule has 0 aromatic heterocycles. The number of ether oxygens (including phenoxy) is 1. The molecular formula is C34H48O3. The number of Topliss-reactive ketones (excluding diaryl/α,β-unsaturated/α-hetero) is 1. The molecule has 0 amide bonds. The summed E-state index contributed by atoms with van der Waals surface area (Å²) in [7, 11) is 0. The van der Waals surface area contributed by atoms with Crippen LogP contribution in [0.15, 0.2) is 41.5 Å². The number of carbonyl (C=O) groups is 2. The molecule has 4 aliphatic carbocycles. The Balaban J connectivity index is 1.31. The summed E-state index contributed by atoms with van der Waals surface area (Å²) >= 11 is 0. The number of fused-ring (bicyclic) bond motifs is 4. The van der Waals surface area contributed by atoms with Crippen molar-refractivity contribution in [1.29, 1.82) is 0 Å². The van der Waals surface area contributed by atoms with Crippen molar-refractivity contribution in [2.45, 2.75) is 111 Å². The third kappa shape index (κ3) is 4.85. The van der Waals surface area contributed by atoms with E-state index in [4.69, 9.17) is 4.74 Å². The molecule has 0 bridgehead atoms. The van der Waals surface area contributed by atoms with Gasteiger partial charge in [-0.05, 0) is 103 Å². The van der Waals surface area contributed by atoms with E-state index in [9.17, 15) is 9.59 Å². The van der Waals surface area contributed by atoms with Gasteiger partial charge in [-0.2, -0.15) is 0 Å². The van der Waals surface area contributed by atoms with E-state index in [1.54, 1.807) is 0 Å². The smallest absolute Gasteiger partial charge is 0.338 e. The first kappa shape index (κ1) is 26.7. The highest BCUT2D eigenvalue weighted by Gasteiger charge is 2.58. The first-order chi connectivity index (χ1) is 17.6. The molecule has 5 rings (SSSR count). The van der Waals surface area contributed by atoms with Crippen molar-refractivity contribution in [2.75, 3.05) is 0 Å². The Morgan fingerprint density at radius 2 is 1.78 bits per heavy atom. The van der Waals surface area contributed by atoms with Crippen molar-refractivity contribution in [2.24, 2.45) is 40.4 Å². The lowest BCUT2D eigenvalue weighted by molar-refractivity contribution is -0.121. The lowest BCUT2D eigenvalue weighted by Gasteiger charge is -2.54. The Kier molecular flexibility index (Phi) is 7.46. The predicted octanol–water partition coefficient (Wildman–Crippen LogP) is 8.58. The van der Waals surface area contributed by atoms with Gasteiger partial charge in [0.15, 0.2) is 5.78 Å². The molecule has 0 saturated heterocycles. The minimum Gasteiger partial charge on any atom is -0.459 e. The fourth-order valence-electron chi connectivity index (χ4n) is 9.08. The van der Waals surface area contributed by atoms with E-state index in [1.165, 1.54) is 49.7 Å². The van der Waals surface area contributed by atoms with Crippen molar-refractivity contribution < 1.29 is 14.3 Å². The summed E-state index contributed by atoms with van der Waals surface area (Å²) in [4.78, 5) is 26.5. The van der Waals surface area contributed by atoms with Crippen LogP contribution in [-0.4, -0.2) is 17.9 Å². The molecule has 3 nitrogen and oxygen atoms in total. The summed E-state index contributed by atoms with van der Waals surface area (Å²) in [6.07, 6.45) is 12.1. The Bertz CT molecular complexity index is 1040. The van der Waals surface area contributed by atoms with E-state index >= 15 is 0 Å². The second kappa shape index (κ2) is 10.3. The summed E-state index contributed by atoms with van der Waals surface area (Å²) in [5.74, 6) is 3.19. The number of esters is 1. The highest BCUT2D eigenvalue weighted by Crippen LogP contribution is 2.65. The first-order valence-electron chi connectivity index (χ1n) is 15.2. The molecule has 2 fully saturated rings. The molecule has 2 unspecified atom stereocenters. The van der Waals surface area contributed by atoms with Crippen LogP contribution in [0.25, 0.3) is 0 Å². The van der Waals surface area contributed by atoms with Gasteiger partial charge in [-0.15, -0.1) is 0 Å². The van der Waals surface area contributed by atoms with Crippen molar-refractivity contribution in [1.82, 2.24) is 0 Å². The van der Waals surface area contributed by atoms with Crippen molar-refractivity contribution in [3.63, 3.8) is 0 Å². The maximum atomic E-state index is 13.8. The zero-order valence-corrected chi connectivity index (χ0v) is 23.9. The van der Waals surface area contributed by atoms with Gasteiger partial charge in [0.05, 0.1) is 5.56 Å². The van der Waals surface area contributed by atoms with Crippen molar-refractivity contribution in [3.05, 3.63) is 47.0 Å². The van der Waals surface area contributed by atoms with Gasteiger partial charge in [0.25, 0.3) is 0 Å². The van der Waals surface area contributed by atoms with E-state index in [2.05, 4.69) is 34.6 Å². The van der Waals surface area contributed by atoms with Crippen molar-refractivity contribution in [3.8, 4) is 0 Å². The quantitative estimate of drug-likeness (QED) is 0.349. The highest BCUT2D eigenvalue weighted by molar-refractivity contribution is 5.98. The highest BCUT2D eigenvalue weighted by atomic mass is 16.5. The van der Waals surface area contributed by atoms with Gasteiger partial charge in [-0.25, -0.2) is 4.79 Å². The SMILES string of the molecule is CC(C)CCC[C@@H](C)[C@H]1CCC2C3=C(CC[C@@]21C)[C@@]1(C)CC[C@H](OC(=O)c2ccccc2)CC1CC3=O. The average molecular weight is 505 g/mol. The Morgan fingerprint density at radius 3 is 2.51 bits per heavy atom. The monoisotopic (exact) mass is 504 g/mol. The second-order valence-electron chi connectivity index (χ2n) is 13.8. The first-order valence-corrected chi connectivity index (χ1v) is 15.2. The zero-order chi connectivity index (χ0) is 26.4. The van der Waals surface area contributed by atoms with Gasteiger partial charge in [-0.3, -0.25) is 4.79 Å². The molecule has 2 saturated carbocycles. The van der Waals surface area contributed by atoms with Gasteiger partial charge in [0.1, 0.15) is 6.10 Å². The molecule has 4 aliphatic rings. The lowest BCUT2D eigenvalue weighted by atomic mass is 9.50. The summed E-state index contributed by atoms with van der Waals surface area (Å²) in [5, 5.41) is 0. The molecule has 0 spiro atoms. The van der Waals surface area contributed by atoms with Gasteiger partial charge >= 0.3 is 5.97 Å². The van der Waals surface area contributed by atoms with E-state index < -0.39 is 0 Å². The normalized spacial score (nSPS) is 36.1. The predicted molar refractivity (Wildman–Crippen MR) is 149 cm³/mol. The number of allylic oxidation sites excluding steroid dienone is 2. The topological polar surface area (TPSA) is 43.4 Å². The van der Waals surface area contributed by atoms with E-state index in [1.807, 2.05) is 30.3 Å². The lowest BCUT2D eigenvalue weighted by Crippen LogP contribution is -2.48. The van der Waals surface area contributed by atoms with E-state index in [0.29, 0.717) is 23.7 Å². The number of carbonyl (C=O) groups excluding carboxylic acids is 2. The molecule has 37 heavy (non-hydrogen) atoms. The molecule has 7 atom stereocenters. The number of benzene rings is 1. The average Bonchev–Trinajstić information content (AvgIpc) is 3.22. The number of hydrogen-bond donors (Lipinski definition) is 0. The molecular weight excluding hydrogens is 456 g/mol. The molecule has 0 N–H and O–H groups in total. The Labute approximate surface area is 224 Å². The number of rotatable bonds is 7. The minimum absolute atomic E-state index is 0.0845. The molecule has 1 aromatic rings. The van der Waals surface area contributed by atoms with Gasteiger partial charge in [-0.1, -0.05) is 77.7 Å². The van der Waals surface area contributed by atoms with Crippen LogP contribution in [0.3, 0.4) is 0 Å². The fourth-order valence-corrected chi connectivity index (χ4v) is 9.08. The maximum Gasteiger partial charge on any atom is 0.338 e. The van der Waals surface area contributed by atoms with Crippen LogP contribution in [0, 0.1) is 40.4 Å². The van der Waals surface area contributed by atoms with Crippen LogP contribution >= 0.6 is 0 Å². The molecule has 202 valence electrons. The third-order valence-corrected chi connectivity index (χ3v) is 11.3. The Morgan fingerprint density at radius 1 is 1.03 bits per heavy atom. The maximum absolute atomic E-state index is 13.8. The summed E-state index contributed by atoms with van der Waals surface area (Å²) in [6, 6.07) is 9.29. The standard InChI is InChI=1S/C34H48O3/c1-22(2)10-9-11-23(3)27-14-15-28-31-29(17-19-34(27,28)5)33(4)18-16-26(20-25(33)21-30(31)35)37-32(36)24-12-7-6-8-13-24/h6-8,12-13,22-23,25-28H,9-11,14-21H2,1-5H3/t23-,25?,26+,27-,28?,33+,34-/m1/s1. The number of hydrogen-bond acceptors (Lipinski definition) is 3. The molecule has 1 aromatic carbocycles. The van der Waals surface area contributed by atoms with E-state index in [0.717, 1.165) is 43.4 Å². The van der Waals surface area contributed by atoms with Crippen LogP contribution in [0.5, 0.6) is 0 Å². The van der Waals surface area contributed by atoms with Gasteiger partial charge in [0.2, 0.25) is 0 Å². The summed E-state index contributed by atoms with van der Waals surface area (Å²) < 4.78 is 5.95. The summed E-state index contributed by atoms with van der Waals surface area (Å²) in [5.41, 5.74) is 3.72. The van der Waals surface area contributed by atoms with Crippen LogP contribution in [0.1, 0.15) is 116 Å². The molecule has 0 heterocycles. The number of ketones is 1. The van der Waals surface area contributed by atoms with Gasteiger partial charge in [0, 0.05) is 6.42 Å². The zero-order valence-electron chi connectivity index (χ0n) is 23.9. The second-order valence-corrected chi connectivity index (χ2v) is 13.8. The molecule has 0 aliphatic heterocycles. The molecule has 0 radical (unpaired) electrons. The van der Waals surface area contributed by atoms with Crippen LogP contribution in [0.4, 0.5) is 0 Å². The fraction of sp³-hybridized carbons (Fsp3) is 0.706.